The molecule has 10 heteroatoms. The Morgan fingerprint density at radius 1 is 1.35 bits per heavy atom. The predicted octanol–water partition coefficient (Wildman–Crippen LogP) is 2.34. The first-order chi connectivity index (χ1) is 12.3. The van der Waals surface area contributed by atoms with Gasteiger partial charge in [0.1, 0.15) is 10.1 Å². The molecule has 0 aliphatic carbocycles. The van der Waals surface area contributed by atoms with Gasteiger partial charge in [-0.2, -0.15) is 0 Å². The summed E-state index contributed by atoms with van der Waals surface area (Å²) in [6.07, 6.45) is 1.40. The van der Waals surface area contributed by atoms with Crippen LogP contribution in [0.3, 0.4) is 0 Å². The number of benzene rings is 1. The number of carbonyl (C=O) groups is 3. The molecular weight excluding hydrogens is 444 g/mol. The van der Waals surface area contributed by atoms with Gasteiger partial charge >= 0.3 is 5.97 Å². The van der Waals surface area contributed by atoms with Gasteiger partial charge in [0.05, 0.1) is 11.3 Å². The summed E-state index contributed by atoms with van der Waals surface area (Å²) in [4.78, 5) is 36.3. The van der Waals surface area contributed by atoms with Gasteiger partial charge in [-0.15, -0.1) is 0 Å². The van der Waals surface area contributed by atoms with Crippen molar-refractivity contribution in [2.45, 2.75) is 12.8 Å². The Labute approximate surface area is 167 Å². The van der Waals surface area contributed by atoms with Gasteiger partial charge in [0, 0.05) is 29.5 Å². The number of halogens is 1. The van der Waals surface area contributed by atoms with Gasteiger partial charge in [-0.1, -0.05) is 39.9 Å². The highest BCUT2D eigenvalue weighted by Crippen LogP contribution is 2.34. The van der Waals surface area contributed by atoms with Crippen molar-refractivity contribution in [1.82, 2.24) is 10.2 Å². The van der Waals surface area contributed by atoms with Crippen LogP contribution < -0.4 is 5.32 Å². The Hall–Kier alpha value is -1.91. The summed E-state index contributed by atoms with van der Waals surface area (Å²) in [7, 11) is 0. The number of amides is 2. The number of thiocarbonyl (C=S) groups is 1. The van der Waals surface area contributed by atoms with Crippen LogP contribution in [0.15, 0.2) is 27.6 Å². The van der Waals surface area contributed by atoms with Gasteiger partial charge in [-0.05, 0) is 24.3 Å². The molecule has 0 saturated carbocycles. The number of carboxylic acid groups (broad SMARTS) is 1. The molecule has 1 aromatic carbocycles. The molecule has 1 saturated heterocycles. The van der Waals surface area contributed by atoms with E-state index in [0.29, 0.717) is 14.8 Å². The fourth-order valence-electron chi connectivity index (χ4n) is 2.09. The highest BCUT2D eigenvalue weighted by atomic mass is 79.9. The minimum Gasteiger partial charge on any atom is -0.507 e. The van der Waals surface area contributed by atoms with E-state index in [1.165, 1.54) is 11.0 Å². The first-order valence-corrected chi connectivity index (χ1v) is 9.52. The van der Waals surface area contributed by atoms with E-state index in [1.54, 1.807) is 18.2 Å². The van der Waals surface area contributed by atoms with Crippen LogP contribution in [0.4, 0.5) is 0 Å². The van der Waals surface area contributed by atoms with Gasteiger partial charge in [-0.3, -0.25) is 19.3 Å². The molecule has 0 aromatic heterocycles. The number of nitrogens with one attached hydrogen (secondary N) is 1. The highest BCUT2D eigenvalue weighted by molar-refractivity contribution is 9.10. The molecule has 26 heavy (non-hydrogen) atoms. The quantitative estimate of drug-likeness (QED) is 0.425. The number of aromatic hydroxyl groups is 1. The monoisotopic (exact) mass is 458 g/mol. The zero-order valence-electron chi connectivity index (χ0n) is 13.4. The topological polar surface area (TPSA) is 107 Å². The summed E-state index contributed by atoms with van der Waals surface area (Å²) in [6.45, 7) is 0.139. The Balaban J connectivity index is 1.98. The first kappa shape index (κ1) is 20.4. The van der Waals surface area contributed by atoms with E-state index >= 15 is 0 Å². The minimum absolute atomic E-state index is 0.0154. The van der Waals surface area contributed by atoms with Crippen LogP contribution in [0.5, 0.6) is 5.75 Å². The van der Waals surface area contributed by atoms with Crippen molar-refractivity contribution in [2.75, 3.05) is 13.1 Å². The second kappa shape index (κ2) is 9.15. The largest absolute Gasteiger partial charge is 0.507 e. The smallest absolute Gasteiger partial charge is 0.305 e. The molecule has 1 aliphatic rings. The number of carbonyl (C=O) groups excluding carboxylic acids is 2. The third-order valence-corrected chi connectivity index (χ3v) is 5.24. The van der Waals surface area contributed by atoms with E-state index < -0.39 is 5.97 Å². The van der Waals surface area contributed by atoms with Crippen LogP contribution in [-0.4, -0.2) is 50.3 Å². The molecule has 138 valence electrons. The van der Waals surface area contributed by atoms with Gasteiger partial charge in [0.25, 0.3) is 5.91 Å². The lowest BCUT2D eigenvalue weighted by Crippen LogP contribution is -2.34. The van der Waals surface area contributed by atoms with E-state index in [4.69, 9.17) is 17.3 Å². The fraction of sp³-hybridized carbons (Fsp3) is 0.250. The van der Waals surface area contributed by atoms with Crippen molar-refractivity contribution in [3.8, 4) is 5.75 Å². The van der Waals surface area contributed by atoms with E-state index in [1.807, 2.05) is 0 Å². The van der Waals surface area contributed by atoms with Crippen molar-refractivity contribution < 1.29 is 24.6 Å². The Kier molecular flexibility index (Phi) is 7.18. The van der Waals surface area contributed by atoms with Gasteiger partial charge in [0.15, 0.2) is 0 Å². The molecule has 1 fully saturated rings. The number of hydrogen-bond donors (Lipinski definition) is 3. The molecule has 0 atom stereocenters. The van der Waals surface area contributed by atoms with E-state index in [9.17, 15) is 19.5 Å². The number of nitrogens with zero attached hydrogens (tertiary/aromatic N) is 1. The number of thioether (sulfide) groups is 1. The molecule has 0 radical (unpaired) electrons. The molecular formula is C16H15BrN2O5S2. The number of aliphatic carboxylic acids is 1. The maximum absolute atomic E-state index is 12.5. The molecule has 7 nitrogen and oxygen atoms in total. The van der Waals surface area contributed by atoms with Crippen molar-refractivity contribution in [2.24, 2.45) is 0 Å². The number of hydrogen-bond acceptors (Lipinski definition) is 6. The van der Waals surface area contributed by atoms with E-state index in [0.717, 1.165) is 16.2 Å². The summed E-state index contributed by atoms with van der Waals surface area (Å²) in [5, 5.41) is 20.9. The Morgan fingerprint density at radius 2 is 2.08 bits per heavy atom. The maximum atomic E-state index is 12.5. The van der Waals surface area contributed by atoms with Crippen molar-refractivity contribution in [3.05, 3.63) is 33.1 Å². The second-order valence-corrected chi connectivity index (χ2v) is 7.87. The summed E-state index contributed by atoms with van der Waals surface area (Å²) in [5.74, 6) is -1.65. The standard InChI is InChI=1S/C16H15BrN2O5S2/c17-10-1-2-11(20)9(7-10)8-12-15(24)19(16(25)26-12)6-4-13(21)18-5-3-14(22)23/h1-2,7-8,20H,3-6H2,(H,18,21)(H,22,23)/b12-8-. The average molecular weight is 459 g/mol. The molecule has 0 spiro atoms. The van der Waals surface area contributed by atoms with Crippen LogP contribution in [-0.2, 0) is 14.4 Å². The van der Waals surface area contributed by atoms with Crippen molar-refractivity contribution >= 4 is 68.1 Å². The zero-order valence-corrected chi connectivity index (χ0v) is 16.6. The molecule has 1 aliphatic heterocycles. The van der Waals surface area contributed by atoms with Crippen LogP contribution in [0.1, 0.15) is 18.4 Å². The lowest BCUT2D eigenvalue weighted by atomic mass is 10.2. The summed E-state index contributed by atoms with van der Waals surface area (Å²) in [5.41, 5.74) is 0.478. The van der Waals surface area contributed by atoms with Crippen LogP contribution >= 0.6 is 39.9 Å². The summed E-state index contributed by atoms with van der Waals surface area (Å²) < 4.78 is 1.09. The molecule has 0 bridgehead atoms. The highest BCUT2D eigenvalue weighted by Gasteiger charge is 2.32. The number of carboxylic acids is 1. The van der Waals surface area contributed by atoms with Crippen molar-refractivity contribution in [1.29, 1.82) is 0 Å². The molecule has 0 unspecified atom stereocenters. The van der Waals surface area contributed by atoms with E-state index in [-0.39, 0.29) is 43.5 Å². The number of rotatable bonds is 7. The van der Waals surface area contributed by atoms with Crippen LogP contribution in [0, 0.1) is 0 Å². The van der Waals surface area contributed by atoms with Gasteiger partial charge in [-0.25, -0.2) is 0 Å². The molecule has 2 rings (SSSR count). The average Bonchev–Trinajstić information content (AvgIpc) is 2.82. The van der Waals surface area contributed by atoms with Gasteiger partial charge in [0.2, 0.25) is 5.91 Å². The first-order valence-electron chi connectivity index (χ1n) is 7.50. The summed E-state index contributed by atoms with van der Waals surface area (Å²) in [6, 6.07) is 4.87. The Bertz CT molecular complexity index is 797. The Morgan fingerprint density at radius 3 is 2.77 bits per heavy atom. The predicted molar refractivity (Wildman–Crippen MR) is 106 cm³/mol. The zero-order chi connectivity index (χ0) is 19.3. The minimum atomic E-state index is -0.997. The van der Waals surface area contributed by atoms with Crippen molar-refractivity contribution in [3.63, 3.8) is 0 Å². The van der Waals surface area contributed by atoms with E-state index in [2.05, 4.69) is 21.2 Å². The SMILES string of the molecule is O=C(O)CCNC(=O)CCN1C(=O)/C(=C/c2cc(Br)ccc2O)SC1=S. The van der Waals surface area contributed by atoms with Crippen LogP contribution in [0.25, 0.3) is 6.08 Å². The molecule has 1 aromatic rings. The lowest BCUT2D eigenvalue weighted by Gasteiger charge is -2.13. The van der Waals surface area contributed by atoms with Gasteiger partial charge < -0.3 is 15.5 Å². The summed E-state index contributed by atoms with van der Waals surface area (Å²) >= 11 is 9.59. The molecule has 3 N–H and O–H groups in total. The number of phenolic OH excluding ortho intramolecular Hbond substituents is 1. The number of phenols is 1. The maximum Gasteiger partial charge on any atom is 0.305 e. The third kappa shape index (κ3) is 5.55. The normalized spacial score (nSPS) is 15.6. The molecule has 2 amide bonds. The second-order valence-electron chi connectivity index (χ2n) is 5.28. The third-order valence-electron chi connectivity index (χ3n) is 3.37. The lowest BCUT2D eigenvalue weighted by molar-refractivity contribution is -0.136. The molecule has 1 heterocycles. The fourth-order valence-corrected chi connectivity index (χ4v) is 3.76. The van der Waals surface area contributed by atoms with Crippen LogP contribution in [0.2, 0.25) is 0 Å².